The molecule has 0 aromatic carbocycles. The van der Waals surface area contributed by atoms with E-state index in [1.165, 1.54) is 23.1 Å². The maximum Gasteiger partial charge on any atom is 0.328 e. The molecule has 1 aliphatic rings. The lowest BCUT2D eigenvalue weighted by Crippen LogP contribution is -2.49. The van der Waals surface area contributed by atoms with Crippen molar-refractivity contribution in [3.63, 3.8) is 0 Å². The molecule has 2 amide bonds. The van der Waals surface area contributed by atoms with Gasteiger partial charge in [0.25, 0.3) is 0 Å². The summed E-state index contributed by atoms with van der Waals surface area (Å²) in [5.41, 5.74) is 1.02. The summed E-state index contributed by atoms with van der Waals surface area (Å²) in [6, 6.07) is -2.02. The van der Waals surface area contributed by atoms with Crippen LogP contribution < -0.4 is 10.6 Å². The van der Waals surface area contributed by atoms with E-state index in [0.29, 0.717) is 5.13 Å². The first-order chi connectivity index (χ1) is 9.47. The van der Waals surface area contributed by atoms with E-state index < -0.39 is 24.1 Å². The van der Waals surface area contributed by atoms with Crippen LogP contribution in [0.25, 0.3) is 0 Å². The molecule has 110 valence electrons. The Labute approximate surface area is 120 Å². The van der Waals surface area contributed by atoms with E-state index >= 15 is 0 Å². The molecule has 4 N–H and O–H groups in total. The van der Waals surface area contributed by atoms with Gasteiger partial charge in [-0.2, -0.15) is 0 Å². The lowest BCUT2D eigenvalue weighted by atomic mass is 10.0. The monoisotopic (exact) mass is 299 g/mol. The molecule has 0 radical (unpaired) electrons. The molecule has 0 bridgehead atoms. The molecule has 1 heterocycles. The van der Waals surface area contributed by atoms with Crippen molar-refractivity contribution in [2.75, 3.05) is 5.32 Å². The Balaban J connectivity index is 1.97. The predicted octanol–water partition coefficient (Wildman–Crippen LogP) is 0.977. The Morgan fingerprint density at radius 3 is 2.65 bits per heavy atom. The molecule has 8 heteroatoms. The number of fused-ring (bicyclic) bond motifs is 1. The zero-order valence-corrected chi connectivity index (χ0v) is 11.9. The number of anilines is 1. The predicted molar refractivity (Wildman–Crippen MR) is 74.0 cm³/mol. The number of amides is 2. The minimum Gasteiger partial charge on any atom is -0.480 e. The first-order valence-corrected chi connectivity index (χ1v) is 7.26. The molecule has 0 saturated heterocycles. The molecule has 1 aromatic heterocycles. The molecule has 1 aliphatic carbocycles. The van der Waals surface area contributed by atoms with Crippen molar-refractivity contribution in [1.29, 1.82) is 0 Å². The Morgan fingerprint density at radius 1 is 1.35 bits per heavy atom. The smallest absolute Gasteiger partial charge is 0.328 e. The number of carboxylic acid groups (broad SMARTS) is 1. The highest BCUT2D eigenvalue weighted by Crippen LogP contribution is 2.29. The molecular formula is C12H17N3O4S. The zero-order valence-electron chi connectivity index (χ0n) is 11.0. The van der Waals surface area contributed by atoms with E-state index in [0.717, 1.165) is 31.4 Å². The van der Waals surface area contributed by atoms with Crippen LogP contribution in [0.4, 0.5) is 9.93 Å². The van der Waals surface area contributed by atoms with Crippen molar-refractivity contribution < 1.29 is 19.8 Å². The SMILES string of the molecule is C[C@@H](O)[C@H](NC(=O)Nc1nc2c(s1)CCCC2)C(=O)O. The van der Waals surface area contributed by atoms with Crippen LogP contribution in [0.1, 0.15) is 30.3 Å². The van der Waals surface area contributed by atoms with E-state index in [4.69, 9.17) is 5.11 Å². The summed E-state index contributed by atoms with van der Waals surface area (Å²) in [6.07, 6.45) is 2.94. The summed E-state index contributed by atoms with van der Waals surface area (Å²) in [6.45, 7) is 1.31. The molecule has 7 nitrogen and oxygen atoms in total. The van der Waals surface area contributed by atoms with E-state index in [1.54, 1.807) is 0 Å². The normalized spacial score (nSPS) is 16.9. The number of aryl methyl sites for hydroxylation is 2. The molecule has 0 spiro atoms. The fourth-order valence-electron chi connectivity index (χ4n) is 2.07. The number of urea groups is 1. The molecular weight excluding hydrogens is 282 g/mol. The number of nitrogens with zero attached hydrogens (tertiary/aromatic N) is 1. The molecule has 0 saturated carbocycles. The van der Waals surface area contributed by atoms with E-state index in [1.807, 2.05) is 0 Å². The van der Waals surface area contributed by atoms with Crippen LogP contribution in [0.5, 0.6) is 0 Å². The van der Waals surface area contributed by atoms with E-state index in [9.17, 15) is 14.7 Å². The van der Waals surface area contributed by atoms with Crippen LogP contribution in [0.3, 0.4) is 0 Å². The Morgan fingerprint density at radius 2 is 2.05 bits per heavy atom. The highest BCUT2D eigenvalue weighted by molar-refractivity contribution is 7.15. The number of aliphatic hydroxyl groups excluding tert-OH is 1. The Bertz CT molecular complexity index is 491. The van der Waals surface area contributed by atoms with Gasteiger partial charge in [0.1, 0.15) is 0 Å². The molecule has 20 heavy (non-hydrogen) atoms. The van der Waals surface area contributed by atoms with Crippen molar-refractivity contribution >= 4 is 28.5 Å². The average Bonchev–Trinajstić information content (AvgIpc) is 2.77. The number of aromatic nitrogens is 1. The zero-order chi connectivity index (χ0) is 14.7. The second-order valence-electron chi connectivity index (χ2n) is 4.75. The lowest BCUT2D eigenvalue weighted by Gasteiger charge is -2.16. The summed E-state index contributed by atoms with van der Waals surface area (Å²) >= 11 is 1.41. The maximum absolute atomic E-state index is 11.7. The average molecular weight is 299 g/mol. The summed E-state index contributed by atoms with van der Waals surface area (Å²) in [4.78, 5) is 28.1. The third-order valence-electron chi connectivity index (χ3n) is 3.10. The van der Waals surface area contributed by atoms with Crippen molar-refractivity contribution in [1.82, 2.24) is 10.3 Å². The van der Waals surface area contributed by atoms with E-state index in [-0.39, 0.29) is 0 Å². The van der Waals surface area contributed by atoms with Crippen LogP contribution in [0.2, 0.25) is 0 Å². The fraction of sp³-hybridized carbons (Fsp3) is 0.583. The third-order valence-corrected chi connectivity index (χ3v) is 4.17. The minimum absolute atomic E-state index is 0.462. The Kier molecular flexibility index (Phi) is 4.56. The van der Waals surface area contributed by atoms with Crippen molar-refractivity contribution in [2.24, 2.45) is 0 Å². The van der Waals surface area contributed by atoms with Crippen molar-refractivity contribution in [2.45, 2.75) is 44.8 Å². The first kappa shape index (κ1) is 14.7. The van der Waals surface area contributed by atoms with Gasteiger partial charge in [-0.15, -0.1) is 11.3 Å². The summed E-state index contributed by atoms with van der Waals surface area (Å²) in [7, 11) is 0. The van der Waals surface area contributed by atoms with E-state index in [2.05, 4.69) is 15.6 Å². The number of carboxylic acids is 1. The molecule has 1 aromatic rings. The van der Waals surface area contributed by atoms with Gasteiger partial charge in [-0.3, -0.25) is 5.32 Å². The van der Waals surface area contributed by atoms with Gasteiger partial charge >= 0.3 is 12.0 Å². The number of rotatable bonds is 4. The highest BCUT2D eigenvalue weighted by atomic mass is 32.1. The number of carbonyl (C=O) groups is 2. The fourth-order valence-corrected chi connectivity index (χ4v) is 3.11. The van der Waals surface area contributed by atoms with Gasteiger partial charge in [0.2, 0.25) is 0 Å². The van der Waals surface area contributed by atoms with Gasteiger partial charge in [0, 0.05) is 4.88 Å². The number of aliphatic carboxylic acids is 1. The molecule has 2 rings (SSSR count). The summed E-state index contributed by atoms with van der Waals surface area (Å²) in [5, 5.41) is 23.4. The maximum atomic E-state index is 11.7. The summed E-state index contributed by atoms with van der Waals surface area (Å²) < 4.78 is 0. The van der Waals surface area contributed by atoms with Crippen LogP contribution in [0, 0.1) is 0 Å². The van der Waals surface area contributed by atoms with Gasteiger partial charge in [-0.05, 0) is 32.6 Å². The topological polar surface area (TPSA) is 112 Å². The third kappa shape index (κ3) is 3.45. The van der Waals surface area contributed by atoms with Crippen molar-refractivity contribution in [3.8, 4) is 0 Å². The second kappa shape index (κ2) is 6.19. The number of carbonyl (C=O) groups excluding carboxylic acids is 1. The molecule has 0 fully saturated rings. The standard InChI is InChI=1S/C12H17N3O4S/c1-6(16)9(10(17)18)14-11(19)15-12-13-7-4-2-3-5-8(7)20-12/h6,9,16H,2-5H2,1H3,(H,17,18)(H2,13,14,15,19)/t6-,9+/m1/s1. The van der Waals surface area contributed by atoms with Crippen LogP contribution in [-0.2, 0) is 17.6 Å². The van der Waals surface area contributed by atoms with Crippen LogP contribution in [-0.4, -0.2) is 39.3 Å². The number of thiazole rings is 1. The highest BCUT2D eigenvalue weighted by Gasteiger charge is 2.25. The minimum atomic E-state index is -1.34. The Hall–Kier alpha value is -1.67. The number of aliphatic hydroxyl groups is 1. The second-order valence-corrected chi connectivity index (χ2v) is 5.83. The van der Waals surface area contributed by atoms with Gasteiger partial charge in [-0.1, -0.05) is 0 Å². The van der Waals surface area contributed by atoms with Crippen LogP contribution in [0.15, 0.2) is 0 Å². The lowest BCUT2D eigenvalue weighted by molar-refractivity contribution is -0.141. The molecule has 0 aliphatic heterocycles. The van der Waals surface area contributed by atoms with Crippen molar-refractivity contribution in [3.05, 3.63) is 10.6 Å². The van der Waals surface area contributed by atoms with Gasteiger partial charge in [-0.25, -0.2) is 14.6 Å². The first-order valence-electron chi connectivity index (χ1n) is 6.44. The molecule has 2 atom stereocenters. The number of hydrogen-bond acceptors (Lipinski definition) is 5. The quantitative estimate of drug-likeness (QED) is 0.662. The van der Waals surface area contributed by atoms with Crippen LogP contribution >= 0.6 is 11.3 Å². The van der Waals surface area contributed by atoms with Gasteiger partial charge < -0.3 is 15.5 Å². The van der Waals surface area contributed by atoms with Gasteiger partial charge in [0.15, 0.2) is 11.2 Å². The largest absolute Gasteiger partial charge is 0.480 e. The number of hydrogen-bond donors (Lipinski definition) is 4. The molecule has 0 unspecified atom stereocenters. The van der Waals surface area contributed by atoms with Gasteiger partial charge in [0.05, 0.1) is 11.8 Å². The summed E-state index contributed by atoms with van der Waals surface area (Å²) in [5.74, 6) is -1.28. The number of nitrogens with one attached hydrogen (secondary N) is 2.